The summed E-state index contributed by atoms with van der Waals surface area (Å²) in [6, 6.07) is 22.2. The quantitative estimate of drug-likeness (QED) is 0.308. The smallest absolute Gasteiger partial charge is 0.337 e. The third-order valence-corrected chi connectivity index (χ3v) is 8.70. The van der Waals surface area contributed by atoms with Gasteiger partial charge in [0.1, 0.15) is 0 Å². The Morgan fingerprint density at radius 2 is 1.88 bits per heavy atom. The molecule has 3 aromatic carbocycles. The number of benzene rings is 3. The molecule has 0 spiro atoms. The molecule has 7 heteroatoms. The van der Waals surface area contributed by atoms with Crippen LogP contribution in [0.2, 0.25) is 0 Å². The van der Waals surface area contributed by atoms with Crippen LogP contribution in [-0.2, 0) is 42.6 Å². The van der Waals surface area contributed by atoms with E-state index in [-0.39, 0.29) is 17.8 Å². The molecule has 7 nitrogen and oxygen atoms in total. The number of aryl methyl sites for hydroxylation is 1. The summed E-state index contributed by atoms with van der Waals surface area (Å²) in [5, 5.41) is 3.24. The molecular weight excluding hydrogens is 512 g/mol. The molecule has 2 heterocycles. The van der Waals surface area contributed by atoms with Gasteiger partial charge in [-0.25, -0.2) is 9.78 Å². The average Bonchev–Trinajstić information content (AvgIpc) is 3.76. The highest BCUT2D eigenvalue weighted by Gasteiger charge is 2.43. The van der Waals surface area contributed by atoms with E-state index in [1.165, 1.54) is 29.5 Å². The van der Waals surface area contributed by atoms with Crippen LogP contribution >= 0.6 is 0 Å². The topological polar surface area (TPSA) is 76.5 Å². The lowest BCUT2D eigenvalue weighted by molar-refractivity contribution is -0.122. The zero-order valence-corrected chi connectivity index (χ0v) is 23.9. The minimum absolute atomic E-state index is 0.0391. The zero-order chi connectivity index (χ0) is 28.5. The Morgan fingerprint density at radius 3 is 2.63 bits per heavy atom. The standard InChI is InChI=1S/C34H36N4O3/c1-22-32(36-21-37(22)2)20-38-15-14-28-27(24-10-7-11-25(16-24)34(40)41-3)13-12-26(31(28)19-38)18-35-33(39)30-17-29(30)23-8-5-4-6-9-23/h4-13,16,21,29-30H,14-15,17-20H2,1-3H3,(H,35,39)/t29-,30+/m0/s1. The first-order valence-corrected chi connectivity index (χ1v) is 14.3. The average molecular weight is 549 g/mol. The van der Waals surface area contributed by atoms with Crippen molar-refractivity contribution in [3.05, 3.63) is 112 Å². The van der Waals surface area contributed by atoms with Gasteiger partial charge < -0.3 is 14.6 Å². The van der Waals surface area contributed by atoms with Crippen molar-refractivity contribution in [2.24, 2.45) is 13.0 Å². The highest BCUT2D eigenvalue weighted by Crippen LogP contribution is 2.47. The molecule has 1 amide bonds. The van der Waals surface area contributed by atoms with Crippen molar-refractivity contribution in [1.29, 1.82) is 0 Å². The van der Waals surface area contributed by atoms with Gasteiger partial charge in [0.05, 0.1) is 24.7 Å². The number of carbonyl (C=O) groups excluding carboxylic acids is 2. The van der Waals surface area contributed by atoms with E-state index < -0.39 is 0 Å². The summed E-state index contributed by atoms with van der Waals surface area (Å²) in [5.74, 6) is 0.133. The largest absolute Gasteiger partial charge is 0.465 e. The van der Waals surface area contributed by atoms with Crippen LogP contribution < -0.4 is 5.32 Å². The molecule has 1 saturated carbocycles. The van der Waals surface area contributed by atoms with E-state index in [1.54, 1.807) is 6.07 Å². The lowest BCUT2D eigenvalue weighted by Gasteiger charge is -2.32. The van der Waals surface area contributed by atoms with Gasteiger partial charge in [0.2, 0.25) is 5.91 Å². The fraction of sp³-hybridized carbons (Fsp3) is 0.324. The van der Waals surface area contributed by atoms with Crippen LogP contribution in [0.25, 0.3) is 11.1 Å². The zero-order valence-electron chi connectivity index (χ0n) is 23.9. The summed E-state index contributed by atoms with van der Waals surface area (Å²) < 4.78 is 7.02. The van der Waals surface area contributed by atoms with Crippen LogP contribution in [0.1, 0.15) is 56.3 Å². The van der Waals surface area contributed by atoms with Crippen LogP contribution in [0, 0.1) is 12.8 Å². The number of fused-ring (bicyclic) bond motifs is 1. The number of amides is 1. The number of nitrogens with one attached hydrogen (secondary N) is 1. The second kappa shape index (κ2) is 11.3. The number of hydrogen-bond donors (Lipinski definition) is 1. The summed E-state index contributed by atoms with van der Waals surface area (Å²) in [5.41, 5.74) is 9.84. The number of carbonyl (C=O) groups is 2. The van der Waals surface area contributed by atoms with E-state index in [9.17, 15) is 9.59 Å². The molecule has 1 fully saturated rings. The molecule has 0 radical (unpaired) electrons. The molecule has 0 unspecified atom stereocenters. The Morgan fingerprint density at radius 1 is 1.05 bits per heavy atom. The number of rotatable bonds is 8. The van der Waals surface area contributed by atoms with E-state index in [0.717, 1.165) is 54.9 Å². The molecule has 4 aromatic rings. The number of hydrogen-bond acceptors (Lipinski definition) is 5. The first-order valence-electron chi connectivity index (χ1n) is 14.3. The molecule has 0 bridgehead atoms. The maximum atomic E-state index is 13.1. The van der Waals surface area contributed by atoms with E-state index in [1.807, 2.05) is 49.8 Å². The lowest BCUT2D eigenvalue weighted by Crippen LogP contribution is -2.33. The number of nitrogens with zero attached hydrogens (tertiary/aromatic N) is 3. The van der Waals surface area contributed by atoms with Crippen molar-refractivity contribution >= 4 is 11.9 Å². The molecule has 2 aliphatic rings. The second-order valence-electron chi connectivity index (χ2n) is 11.2. The number of esters is 1. The van der Waals surface area contributed by atoms with Gasteiger partial charge in [-0.05, 0) is 71.2 Å². The predicted octanol–water partition coefficient (Wildman–Crippen LogP) is 5.16. The fourth-order valence-corrected chi connectivity index (χ4v) is 6.07. The molecule has 1 aliphatic heterocycles. The third-order valence-electron chi connectivity index (χ3n) is 8.70. The molecule has 1 N–H and O–H groups in total. The van der Waals surface area contributed by atoms with Crippen LogP contribution in [0.5, 0.6) is 0 Å². The Hall–Kier alpha value is -4.23. The van der Waals surface area contributed by atoms with Crippen molar-refractivity contribution in [3.8, 4) is 11.1 Å². The molecular formula is C34H36N4O3. The number of aromatic nitrogens is 2. The van der Waals surface area contributed by atoms with Crippen LogP contribution in [0.3, 0.4) is 0 Å². The van der Waals surface area contributed by atoms with Crippen molar-refractivity contribution in [2.45, 2.75) is 45.3 Å². The Labute approximate surface area is 241 Å². The van der Waals surface area contributed by atoms with Crippen LogP contribution in [-0.4, -0.2) is 40.0 Å². The van der Waals surface area contributed by atoms with Gasteiger partial charge in [0, 0.05) is 44.8 Å². The van der Waals surface area contributed by atoms with Gasteiger partial charge in [-0.15, -0.1) is 0 Å². The van der Waals surface area contributed by atoms with E-state index >= 15 is 0 Å². The van der Waals surface area contributed by atoms with E-state index in [2.05, 4.69) is 51.0 Å². The molecule has 41 heavy (non-hydrogen) atoms. The summed E-state index contributed by atoms with van der Waals surface area (Å²) in [4.78, 5) is 32.4. The SMILES string of the molecule is COC(=O)c1cccc(-c2ccc(CNC(=O)[C@@H]3C[C@H]3c3ccccc3)c3c2CCN(Cc2ncn(C)c2C)C3)c1. The molecule has 1 aliphatic carbocycles. The minimum atomic E-state index is -0.342. The van der Waals surface area contributed by atoms with Crippen LogP contribution in [0.15, 0.2) is 73.1 Å². The summed E-state index contributed by atoms with van der Waals surface area (Å²) in [7, 11) is 3.43. The Bertz CT molecular complexity index is 1590. The van der Waals surface area contributed by atoms with Crippen molar-refractivity contribution < 1.29 is 14.3 Å². The normalized spacial score (nSPS) is 18.0. The maximum absolute atomic E-state index is 13.1. The van der Waals surface area contributed by atoms with Gasteiger partial charge in [-0.2, -0.15) is 0 Å². The lowest BCUT2D eigenvalue weighted by atomic mass is 9.87. The monoisotopic (exact) mass is 548 g/mol. The molecule has 6 rings (SSSR count). The minimum Gasteiger partial charge on any atom is -0.465 e. The number of methoxy groups -OCH3 is 1. The van der Waals surface area contributed by atoms with Gasteiger partial charge >= 0.3 is 5.97 Å². The summed E-state index contributed by atoms with van der Waals surface area (Å²) in [6.45, 7) is 5.06. The molecule has 1 aromatic heterocycles. The summed E-state index contributed by atoms with van der Waals surface area (Å²) >= 11 is 0. The molecule has 0 saturated heterocycles. The van der Waals surface area contributed by atoms with Crippen LogP contribution in [0.4, 0.5) is 0 Å². The van der Waals surface area contributed by atoms with Gasteiger partial charge in [0.25, 0.3) is 0 Å². The third kappa shape index (κ3) is 5.55. The van der Waals surface area contributed by atoms with Gasteiger partial charge in [0.15, 0.2) is 0 Å². The number of imidazole rings is 1. The Kier molecular flexibility index (Phi) is 7.45. The van der Waals surface area contributed by atoms with Crippen molar-refractivity contribution in [2.75, 3.05) is 13.7 Å². The predicted molar refractivity (Wildman–Crippen MR) is 158 cm³/mol. The first kappa shape index (κ1) is 27.0. The fourth-order valence-electron chi connectivity index (χ4n) is 6.07. The van der Waals surface area contributed by atoms with Gasteiger partial charge in [-0.1, -0.05) is 54.6 Å². The second-order valence-corrected chi connectivity index (χ2v) is 11.2. The van der Waals surface area contributed by atoms with Crippen molar-refractivity contribution in [1.82, 2.24) is 19.8 Å². The summed E-state index contributed by atoms with van der Waals surface area (Å²) in [6.07, 6.45) is 3.65. The highest BCUT2D eigenvalue weighted by atomic mass is 16.5. The number of ether oxygens (including phenoxy) is 1. The molecule has 210 valence electrons. The van der Waals surface area contributed by atoms with E-state index in [0.29, 0.717) is 18.0 Å². The van der Waals surface area contributed by atoms with E-state index in [4.69, 9.17) is 4.74 Å². The maximum Gasteiger partial charge on any atom is 0.337 e. The van der Waals surface area contributed by atoms with Gasteiger partial charge in [-0.3, -0.25) is 9.69 Å². The molecule has 2 atom stereocenters. The first-order chi connectivity index (χ1) is 19.9. The Balaban J connectivity index is 1.26. The van der Waals surface area contributed by atoms with Crippen molar-refractivity contribution in [3.63, 3.8) is 0 Å². The highest BCUT2D eigenvalue weighted by molar-refractivity contribution is 5.91.